The van der Waals surface area contributed by atoms with Crippen molar-refractivity contribution in [3.05, 3.63) is 0 Å². The summed E-state index contributed by atoms with van der Waals surface area (Å²) in [5.74, 6) is 0.264. The predicted octanol–water partition coefficient (Wildman–Crippen LogP) is 2.36. The van der Waals surface area contributed by atoms with Gasteiger partial charge in [0.1, 0.15) is 0 Å². The van der Waals surface area contributed by atoms with Gasteiger partial charge < -0.3 is 10.6 Å². The second-order valence-electron chi connectivity index (χ2n) is 7.12. The van der Waals surface area contributed by atoms with E-state index < -0.39 is 0 Å². The normalized spacial score (nSPS) is 15.1. The van der Waals surface area contributed by atoms with Gasteiger partial charge >= 0.3 is 0 Å². The Morgan fingerprint density at radius 2 is 1.53 bits per heavy atom. The molecule has 0 amide bonds. The molecule has 0 aromatic rings. The van der Waals surface area contributed by atoms with E-state index in [0.29, 0.717) is 12.6 Å². The van der Waals surface area contributed by atoms with Gasteiger partial charge in [0.2, 0.25) is 0 Å². The van der Waals surface area contributed by atoms with Gasteiger partial charge in [-0.1, -0.05) is 34.6 Å². The molecule has 2 N–H and O–H groups in total. The smallest absolute Gasteiger partial charge is 0.156 e. The number of carbonyl (C=O) groups excluding carboxylic acids is 1. The number of rotatable bonds is 5. The van der Waals surface area contributed by atoms with Crippen molar-refractivity contribution in [2.75, 3.05) is 6.54 Å². The lowest BCUT2D eigenvalue weighted by molar-refractivity contribution is -0.128. The van der Waals surface area contributed by atoms with Crippen LogP contribution >= 0.6 is 0 Å². The highest BCUT2D eigenvalue weighted by atomic mass is 16.1. The minimum absolute atomic E-state index is 0.0514. The zero-order valence-corrected chi connectivity index (χ0v) is 12.8. The molecular formula is C14H30N2O. The van der Waals surface area contributed by atoms with Crippen LogP contribution in [0.5, 0.6) is 0 Å². The second-order valence-corrected chi connectivity index (χ2v) is 7.12. The molecule has 0 rings (SSSR count). The van der Waals surface area contributed by atoms with E-state index in [0.717, 1.165) is 0 Å². The van der Waals surface area contributed by atoms with Crippen molar-refractivity contribution in [3.8, 4) is 0 Å². The summed E-state index contributed by atoms with van der Waals surface area (Å²) in [5, 5.41) is 6.74. The monoisotopic (exact) mass is 242 g/mol. The predicted molar refractivity (Wildman–Crippen MR) is 74.3 cm³/mol. The fraction of sp³-hybridized carbons (Fsp3) is 0.929. The summed E-state index contributed by atoms with van der Waals surface area (Å²) >= 11 is 0. The summed E-state index contributed by atoms with van der Waals surface area (Å²) < 4.78 is 0. The first-order valence-corrected chi connectivity index (χ1v) is 6.49. The lowest BCUT2D eigenvalue weighted by Gasteiger charge is -2.32. The third-order valence-corrected chi connectivity index (χ3v) is 2.39. The van der Waals surface area contributed by atoms with Crippen molar-refractivity contribution in [1.29, 1.82) is 0 Å². The quantitative estimate of drug-likeness (QED) is 0.777. The molecule has 1 unspecified atom stereocenters. The van der Waals surface area contributed by atoms with Crippen LogP contribution in [0, 0.1) is 5.41 Å². The van der Waals surface area contributed by atoms with Crippen molar-refractivity contribution in [3.63, 3.8) is 0 Å². The molecule has 17 heavy (non-hydrogen) atoms. The van der Waals surface area contributed by atoms with Crippen LogP contribution < -0.4 is 10.6 Å². The summed E-state index contributed by atoms with van der Waals surface area (Å²) in [7, 11) is 0. The molecule has 0 aliphatic carbocycles. The highest BCUT2D eigenvalue weighted by Gasteiger charge is 2.31. The van der Waals surface area contributed by atoms with E-state index in [-0.39, 0.29) is 22.8 Å². The van der Waals surface area contributed by atoms with Gasteiger partial charge in [0.05, 0.1) is 6.04 Å². The number of hydrogen-bond donors (Lipinski definition) is 2. The Hall–Kier alpha value is -0.410. The largest absolute Gasteiger partial charge is 0.313 e. The number of ketones is 1. The molecule has 0 aromatic heterocycles. The highest BCUT2D eigenvalue weighted by molar-refractivity contribution is 5.89. The Balaban J connectivity index is 4.68. The van der Waals surface area contributed by atoms with E-state index >= 15 is 0 Å². The molecule has 0 saturated heterocycles. The number of carbonyl (C=O) groups is 1. The summed E-state index contributed by atoms with van der Waals surface area (Å²) in [6, 6.07) is 0.268. The number of Topliss-reactive ketones (excluding diaryl/α,β-unsaturated/α-hetero) is 1. The van der Waals surface area contributed by atoms with Gasteiger partial charge in [0.15, 0.2) is 5.78 Å². The first-order chi connectivity index (χ1) is 7.43. The van der Waals surface area contributed by atoms with E-state index in [1.54, 1.807) is 0 Å². The SMILES string of the molecule is CC(C)NCC(NC(C)(C)C)C(=O)C(C)(C)C. The average molecular weight is 242 g/mol. The van der Waals surface area contributed by atoms with Crippen molar-refractivity contribution < 1.29 is 4.79 Å². The minimum Gasteiger partial charge on any atom is -0.313 e. The van der Waals surface area contributed by atoms with Gasteiger partial charge in [-0.3, -0.25) is 4.79 Å². The van der Waals surface area contributed by atoms with Crippen molar-refractivity contribution in [2.24, 2.45) is 5.41 Å². The summed E-state index contributed by atoms with van der Waals surface area (Å²) in [5.41, 5.74) is -0.355. The Morgan fingerprint density at radius 3 is 1.82 bits per heavy atom. The molecule has 102 valence electrons. The molecule has 3 heteroatoms. The Morgan fingerprint density at radius 1 is 1.06 bits per heavy atom. The Kier molecular flexibility index (Phi) is 5.82. The topological polar surface area (TPSA) is 41.1 Å². The van der Waals surface area contributed by atoms with E-state index in [1.165, 1.54) is 0 Å². The van der Waals surface area contributed by atoms with Gasteiger partial charge in [-0.2, -0.15) is 0 Å². The fourth-order valence-corrected chi connectivity index (χ4v) is 1.61. The summed E-state index contributed by atoms with van der Waals surface area (Å²) in [4.78, 5) is 12.4. The van der Waals surface area contributed by atoms with Gasteiger partial charge in [-0.15, -0.1) is 0 Å². The van der Waals surface area contributed by atoms with Crippen LogP contribution in [-0.2, 0) is 4.79 Å². The molecule has 3 nitrogen and oxygen atoms in total. The zero-order chi connectivity index (χ0) is 13.9. The average Bonchev–Trinajstić information content (AvgIpc) is 2.07. The van der Waals surface area contributed by atoms with Crippen molar-refractivity contribution in [2.45, 2.75) is 73.0 Å². The molecule has 0 aliphatic rings. The maximum Gasteiger partial charge on any atom is 0.156 e. The Bertz CT molecular complexity index is 246. The maximum absolute atomic E-state index is 12.4. The van der Waals surface area contributed by atoms with Gasteiger partial charge in [-0.25, -0.2) is 0 Å². The molecule has 0 fully saturated rings. The van der Waals surface area contributed by atoms with Crippen LogP contribution in [0.25, 0.3) is 0 Å². The molecule has 0 spiro atoms. The third-order valence-electron chi connectivity index (χ3n) is 2.39. The van der Waals surface area contributed by atoms with E-state index in [9.17, 15) is 4.79 Å². The van der Waals surface area contributed by atoms with Crippen LogP contribution in [-0.4, -0.2) is 30.0 Å². The minimum atomic E-state index is -0.304. The summed E-state index contributed by atoms with van der Waals surface area (Å²) in [6.45, 7) is 17.1. The molecule has 0 heterocycles. The maximum atomic E-state index is 12.4. The van der Waals surface area contributed by atoms with Crippen LogP contribution in [0.4, 0.5) is 0 Å². The molecule has 0 radical (unpaired) electrons. The van der Waals surface area contributed by atoms with Gasteiger partial charge in [-0.05, 0) is 20.8 Å². The standard InChI is InChI=1S/C14H30N2O/c1-10(2)15-9-11(16-14(6,7)8)12(17)13(3,4)5/h10-11,15-16H,9H2,1-8H3. The van der Waals surface area contributed by atoms with E-state index in [1.807, 2.05) is 20.8 Å². The van der Waals surface area contributed by atoms with Gasteiger partial charge in [0, 0.05) is 23.5 Å². The van der Waals surface area contributed by atoms with Crippen LogP contribution in [0.1, 0.15) is 55.4 Å². The van der Waals surface area contributed by atoms with Crippen LogP contribution in [0.15, 0.2) is 0 Å². The van der Waals surface area contributed by atoms with E-state index in [2.05, 4.69) is 45.3 Å². The lowest BCUT2D eigenvalue weighted by atomic mass is 9.85. The zero-order valence-electron chi connectivity index (χ0n) is 12.8. The molecule has 0 saturated carbocycles. The van der Waals surface area contributed by atoms with Crippen molar-refractivity contribution >= 4 is 5.78 Å². The van der Waals surface area contributed by atoms with Gasteiger partial charge in [0.25, 0.3) is 0 Å². The van der Waals surface area contributed by atoms with Crippen molar-refractivity contribution in [1.82, 2.24) is 10.6 Å². The van der Waals surface area contributed by atoms with E-state index in [4.69, 9.17) is 0 Å². The summed E-state index contributed by atoms with van der Waals surface area (Å²) in [6.07, 6.45) is 0. The Labute approximate surface area is 107 Å². The first kappa shape index (κ1) is 16.6. The number of hydrogen-bond acceptors (Lipinski definition) is 3. The van der Waals surface area contributed by atoms with Crippen LogP contribution in [0.2, 0.25) is 0 Å². The second kappa shape index (κ2) is 5.96. The molecule has 0 bridgehead atoms. The van der Waals surface area contributed by atoms with Crippen LogP contribution in [0.3, 0.4) is 0 Å². The molecule has 0 aromatic carbocycles. The molecular weight excluding hydrogens is 212 g/mol. The molecule has 1 atom stereocenters. The number of nitrogens with one attached hydrogen (secondary N) is 2. The molecule has 0 aliphatic heterocycles. The third kappa shape index (κ3) is 7.50. The first-order valence-electron chi connectivity index (χ1n) is 6.49. The fourth-order valence-electron chi connectivity index (χ4n) is 1.61. The highest BCUT2D eigenvalue weighted by Crippen LogP contribution is 2.18. The lowest BCUT2D eigenvalue weighted by Crippen LogP contribution is -2.55.